The van der Waals surface area contributed by atoms with Crippen molar-refractivity contribution < 1.29 is 103 Å². The molecule has 120 heavy (non-hydrogen) atoms. The Labute approximate surface area is 712 Å². The summed E-state index contributed by atoms with van der Waals surface area (Å²) in [7, 11) is -14.5. The van der Waals surface area contributed by atoms with Crippen molar-refractivity contribution in [3.8, 4) is 0 Å². The number of thioether (sulfide) groups is 3. The fourth-order valence-corrected chi connectivity index (χ4v) is 18.8. The summed E-state index contributed by atoms with van der Waals surface area (Å²) in [6.45, 7) is 20.3. The van der Waals surface area contributed by atoms with Crippen molar-refractivity contribution in [1.29, 1.82) is 0 Å². The van der Waals surface area contributed by atoms with Gasteiger partial charge in [0.15, 0.2) is 0 Å². The number of imide groups is 4. The molecule has 0 aliphatic carbocycles. The summed E-state index contributed by atoms with van der Waals surface area (Å²) in [5.41, 5.74) is 5.44. The maximum Gasteiger partial charge on any atom is 0.286 e. The molecule has 8 amide bonds. The van der Waals surface area contributed by atoms with Gasteiger partial charge < -0.3 is 14.2 Å². The molecule has 4 aliphatic rings. The summed E-state index contributed by atoms with van der Waals surface area (Å²) >= 11 is 6.35. The van der Waals surface area contributed by atoms with Crippen molar-refractivity contribution in [2.45, 2.75) is 116 Å². The van der Waals surface area contributed by atoms with Crippen molar-refractivity contribution in [3.05, 3.63) is 243 Å². The number of rotatable bonds is 29. The van der Waals surface area contributed by atoms with Gasteiger partial charge >= 0.3 is 0 Å². The van der Waals surface area contributed by atoms with E-state index < -0.39 is 87.7 Å². The molecule has 0 saturated heterocycles. The first-order valence-corrected chi connectivity index (χ1v) is 48.1. The highest BCUT2D eigenvalue weighted by atomic mass is 32.2. The van der Waals surface area contributed by atoms with E-state index in [1.807, 2.05) is 67.6 Å². The van der Waals surface area contributed by atoms with Crippen LogP contribution in [0.15, 0.2) is 207 Å². The Morgan fingerprint density at radius 3 is 1.11 bits per heavy atom. The normalized spacial score (nSPS) is 14.3. The van der Waals surface area contributed by atoms with Crippen LogP contribution in [-0.4, -0.2) is 169 Å². The molecule has 0 bridgehead atoms. The van der Waals surface area contributed by atoms with Crippen molar-refractivity contribution in [1.82, 2.24) is 20.3 Å². The Hall–Kier alpha value is -9.70. The fraction of sp³-hybridized carbons (Fsp3) is 0.271. The van der Waals surface area contributed by atoms with Crippen LogP contribution in [0.1, 0.15) is 173 Å². The summed E-state index contributed by atoms with van der Waals surface area (Å²) in [5, 5.41) is 6.65. The molecule has 0 fully saturated rings. The SMILES string of the molecule is C=C(CCSc1ccc2c3c(cccc13)C(=O)N(OS(C)(=O)=O)C2=O)OCCC(C)OC.CC(C)Sc1ccc2c3c(cccc13)C(=O)N(OS(C)(=O)=O)C2=O.CC(C)c1ccc(Sc2ccc3c4c(cccc24)C(=O)N(OS(C)(=O)=O)C3=O)c(C(C)C)c1.CS(=O)(=O)ON1C(=O)c2cccc3c(SCCOCc4ccccc4)ccc(c23)C1=O. The summed E-state index contributed by atoms with van der Waals surface area (Å²) in [6.07, 6.45) is 4.68. The van der Waals surface area contributed by atoms with Crippen LogP contribution in [0.5, 0.6) is 0 Å². The Bertz CT molecular complexity index is 6190. The zero-order valence-electron chi connectivity index (χ0n) is 67.1. The summed E-state index contributed by atoms with van der Waals surface area (Å²) in [5.74, 6) is -3.56. The lowest BCUT2D eigenvalue weighted by atomic mass is 9.95. The van der Waals surface area contributed by atoms with Gasteiger partial charge in [0.1, 0.15) is 0 Å². The van der Waals surface area contributed by atoms with Crippen LogP contribution in [0.4, 0.5) is 0 Å². The van der Waals surface area contributed by atoms with Gasteiger partial charge in [-0.15, -0.1) is 72.7 Å². The Morgan fingerprint density at radius 2 is 0.742 bits per heavy atom. The summed E-state index contributed by atoms with van der Waals surface area (Å²) in [6, 6.07) is 50.4. The number of carbonyl (C=O) groups is 8. The summed E-state index contributed by atoms with van der Waals surface area (Å²) in [4.78, 5) is 107. The number of carbonyl (C=O) groups excluding carboxylic acids is 8. The molecule has 0 N–H and O–H groups in total. The lowest BCUT2D eigenvalue weighted by molar-refractivity contribution is -0.0153. The Kier molecular flexibility index (Phi) is 29.0. The third-order valence-corrected chi connectivity index (χ3v) is 24.6. The Balaban J connectivity index is 0.000000157. The molecule has 35 heteroatoms. The van der Waals surface area contributed by atoms with Crippen LogP contribution in [0.3, 0.4) is 0 Å². The second-order valence-electron chi connectivity index (χ2n) is 28.7. The van der Waals surface area contributed by atoms with Crippen LogP contribution in [0.2, 0.25) is 0 Å². The average molecular weight is 1790 g/mol. The number of hydrogen-bond donors (Lipinski definition) is 0. The van der Waals surface area contributed by atoms with Crippen molar-refractivity contribution in [2.75, 3.05) is 56.9 Å². The molecule has 0 saturated carbocycles. The number of methoxy groups -OCH3 is 1. The molecular formula is C85H84N4O23S8. The first kappa shape index (κ1) is 91.1. The number of benzene rings is 10. The number of hydroxylamine groups is 8. The van der Waals surface area contributed by atoms with Crippen LogP contribution < -0.4 is 0 Å². The second-order valence-corrected chi connectivity index (χ2v) is 39.9. The van der Waals surface area contributed by atoms with E-state index in [2.05, 4.69) is 79.2 Å². The van der Waals surface area contributed by atoms with Crippen LogP contribution in [0.25, 0.3) is 43.1 Å². The third-order valence-electron chi connectivity index (χ3n) is 18.5. The molecule has 1 atom stereocenters. The van der Waals surface area contributed by atoms with Crippen LogP contribution in [-0.2, 0) is 78.4 Å². The van der Waals surface area contributed by atoms with Gasteiger partial charge in [-0.1, -0.05) is 151 Å². The molecule has 1 unspecified atom stereocenters. The number of hydrogen-bond acceptors (Lipinski definition) is 27. The molecule has 4 aliphatic heterocycles. The van der Waals surface area contributed by atoms with E-state index in [-0.39, 0.29) is 50.6 Å². The van der Waals surface area contributed by atoms with Crippen LogP contribution >= 0.6 is 47.0 Å². The van der Waals surface area contributed by atoms with Gasteiger partial charge in [-0.2, -0.15) is 33.7 Å². The molecule has 0 aromatic heterocycles. The molecule has 4 heterocycles. The minimum absolute atomic E-state index is 0.124. The average Bonchev–Trinajstić information content (AvgIpc) is 0.759. The number of allylic oxidation sites excluding steroid dienone is 1. The predicted octanol–water partition coefficient (Wildman–Crippen LogP) is 16.0. The van der Waals surface area contributed by atoms with Gasteiger partial charge in [-0.25, -0.2) is 0 Å². The number of amides is 8. The molecule has 630 valence electrons. The highest BCUT2D eigenvalue weighted by molar-refractivity contribution is 8.00. The largest absolute Gasteiger partial charge is 0.498 e. The molecule has 0 spiro atoms. The van der Waals surface area contributed by atoms with E-state index in [0.717, 1.165) is 83.0 Å². The van der Waals surface area contributed by atoms with Gasteiger partial charge in [0.2, 0.25) is 0 Å². The van der Waals surface area contributed by atoms with Crippen LogP contribution in [0, 0.1) is 0 Å². The number of nitrogens with zero attached hydrogens (tertiary/aromatic N) is 4. The zero-order chi connectivity index (χ0) is 87.2. The zero-order valence-corrected chi connectivity index (χ0v) is 73.6. The Morgan fingerprint density at radius 1 is 0.392 bits per heavy atom. The van der Waals surface area contributed by atoms with E-state index in [9.17, 15) is 72.0 Å². The fourth-order valence-electron chi connectivity index (χ4n) is 13.1. The lowest BCUT2D eigenvalue weighted by Gasteiger charge is -2.25. The van der Waals surface area contributed by atoms with Crippen molar-refractivity contribution >= 4 is 178 Å². The first-order valence-electron chi connectivity index (χ1n) is 37.2. The molecule has 14 rings (SSSR count). The third kappa shape index (κ3) is 21.4. The van der Waals surface area contributed by atoms with E-state index in [0.29, 0.717) is 102 Å². The van der Waals surface area contributed by atoms with E-state index in [1.54, 1.807) is 145 Å². The van der Waals surface area contributed by atoms with Crippen molar-refractivity contribution in [2.24, 2.45) is 0 Å². The maximum atomic E-state index is 12.9. The standard InChI is InChI=1S/C25H25NO5S2.C22H25NO7S2.C22H19NO6S2.C16H15NO5S2/c1-14(2)16-9-11-22(20(13-16)15(3)4)32-21-12-10-19-23-17(21)7-6-8-18(23)24(27)26(25(19)28)31-33(5,29)30;1-14(28-3)10-12-29-15(2)11-13-31-19-9-8-18-20-16(19)6-5-7-17(20)21(24)23(22(18)25)30-32(4,26)27;1-31(26,27)29-23-21(24)17-9-5-8-16-19(11-10-18(20(16)17)22(23)25)30-13-12-28-14-15-6-3-2-4-7-15;1-9(2)23-13-8-7-12-14-10(13)5-4-6-11(14)15(18)17(16(12)19)22-24(3,20)21/h6-15H,1-5H3;5-9,14H,2,10-13H2,1,3-4H3;2-11H,12-14H2,1H3;4-9H,1-3H3. The highest BCUT2D eigenvalue weighted by Crippen LogP contribution is 2.45. The van der Waals surface area contributed by atoms with Gasteiger partial charge in [0, 0.05) is 82.7 Å². The second kappa shape index (κ2) is 38.2. The monoisotopic (exact) mass is 1780 g/mol. The van der Waals surface area contributed by atoms with E-state index in [4.69, 9.17) is 18.5 Å². The van der Waals surface area contributed by atoms with Gasteiger partial charge in [-0.3, -0.25) is 38.4 Å². The summed E-state index contributed by atoms with van der Waals surface area (Å²) < 4.78 is 127. The minimum atomic E-state index is -4.05. The topological polar surface area (TPSA) is 351 Å². The van der Waals surface area contributed by atoms with Crippen molar-refractivity contribution in [3.63, 3.8) is 0 Å². The predicted molar refractivity (Wildman–Crippen MR) is 460 cm³/mol. The molecule has 10 aromatic carbocycles. The molecule has 0 radical (unpaired) electrons. The minimum Gasteiger partial charge on any atom is -0.498 e. The first-order chi connectivity index (χ1) is 56.6. The molecular weight excluding hydrogens is 1700 g/mol. The highest BCUT2D eigenvalue weighted by Gasteiger charge is 2.42. The van der Waals surface area contributed by atoms with E-state index >= 15 is 0 Å². The number of ether oxygens (including phenoxy) is 3. The van der Waals surface area contributed by atoms with Gasteiger partial charge in [-0.05, 0) is 136 Å². The van der Waals surface area contributed by atoms with E-state index in [1.165, 1.54) is 11.1 Å². The molecule has 10 aromatic rings. The molecule has 27 nitrogen and oxygen atoms in total. The van der Waals surface area contributed by atoms with Gasteiger partial charge in [0.05, 0.1) is 101 Å². The lowest BCUT2D eigenvalue weighted by Crippen LogP contribution is -2.41. The van der Waals surface area contributed by atoms with Gasteiger partial charge in [0.25, 0.3) is 87.7 Å². The maximum absolute atomic E-state index is 12.9. The smallest absolute Gasteiger partial charge is 0.286 e. The quantitative estimate of drug-likeness (QED) is 0.0182.